The summed E-state index contributed by atoms with van der Waals surface area (Å²) in [6.07, 6.45) is 1.69. The van der Waals surface area contributed by atoms with Crippen LogP contribution in [0.15, 0.2) is 71.3 Å². The molecule has 1 N–H and O–H groups in total. The third kappa shape index (κ3) is 6.52. The molecule has 1 aliphatic heterocycles. The number of hydrogen-bond acceptors (Lipinski definition) is 5. The number of carbonyl (C=O) groups is 2. The molecular formula is C26H28FN3O4. The zero-order valence-corrected chi connectivity index (χ0v) is 18.9. The predicted molar refractivity (Wildman–Crippen MR) is 126 cm³/mol. The van der Waals surface area contributed by atoms with Crippen molar-refractivity contribution in [2.24, 2.45) is 0 Å². The maximum Gasteiger partial charge on any atom is 0.294 e. The maximum atomic E-state index is 13.7. The first kappa shape index (κ1) is 23.7. The Morgan fingerprint density at radius 1 is 1.00 bits per heavy atom. The molecule has 0 bridgehead atoms. The Balaban J connectivity index is 1.39. The number of benzene rings is 2. The van der Waals surface area contributed by atoms with E-state index in [2.05, 4.69) is 10.2 Å². The number of ether oxygens (including phenoxy) is 1. The highest BCUT2D eigenvalue weighted by Gasteiger charge is 2.21. The van der Waals surface area contributed by atoms with Crippen LogP contribution in [0.2, 0.25) is 0 Å². The Bertz CT molecular complexity index is 1080. The van der Waals surface area contributed by atoms with Crippen molar-refractivity contribution in [3.05, 3.63) is 89.6 Å². The summed E-state index contributed by atoms with van der Waals surface area (Å²) in [4.78, 5) is 29.2. The van der Waals surface area contributed by atoms with Crippen molar-refractivity contribution >= 4 is 17.5 Å². The molecule has 2 amide bonds. The van der Waals surface area contributed by atoms with Gasteiger partial charge in [0, 0.05) is 31.9 Å². The lowest BCUT2D eigenvalue weighted by atomic mass is 10.1. The molecule has 0 spiro atoms. The summed E-state index contributed by atoms with van der Waals surface area (Å²) in [5, 5.41) is 2.96. The molecule has 2 heterocycles. The van der Waals surface area contributed by atoms with E-state index < -0.39 is 0 Å². The van der Waals surface area contributed by atoms with Crippen molar-refractivity contribution in [2.75, 3.05) is 44.3 Å². The van der Waals surface area contributed by atoms with Crippen molar-refractivity contribution in [1.82, 2.24) is 10.2 Å². The van der Waals surface area contributed by atoms with Gasteiger partial charge in [0.25, 0.3) is 5.91 Å². The molecule has 1 saturated heterocycles. The van der Waals surface area contributed by atoms with E-state index in [4.69, 9.17) is 9.15 Å². The average Bonchev–Trinajstić information content (AvgIpc) is 3.39. The van der Waals surface area contributed by atoms with Gasteiger partial charge in [0.05, 0.1) is 32.4 Å². The zero-order valence-electron chi connectivity index (χ0n) is 18.9. The standard InChI is InChI=1S/C26H28FN3O4/c27-22-4-1-3-21(17-22)19-30(26(32)24-5-2-14-34-24)23-8-6-20(7-9-23)18-25(31)28-10-11-29-12-15-33-16-13-29/h1-9,14,17H,10-13,15-16,18-19H2,(H,28,31). The number of carbonyl (C=O) groups excluding carboxylic acids is 2. The molecule has 8 heteroatoms. The van der Waals surface area contributed by atoms with Crippen LogP contribution in [0, 0.1) is 5.82 Å². The largest absolute Gasteiger partial charge is 0.459 e. The molecule has 0 saturated carbocycles. The Morgan fingerprint density at radius 2 is 1.79 bits per heavy atom. The number of amides is 2. The number of hydrogen-bond donors (Lipinski definition) is 1. The third-order valence-corrected chi connectivity index (χ3v) is 5.67. The summed E-state index contributed by atoms with van der Waals surface area (Å²) < 4.78 is 24.3. The second kappa shape index (κ2) is 11.6. The van der Waals surface area contributed by atoms with E-state index in [9.17, 15) is 14.0 Å². The van der Waals surface area contributed by atoms with Gasteiger partial charge in [-0.25, -0.2) is 4.39 Å². The summed E-state index contributed by atoms with van der Waals surface area (Å²) in [5.41, 5.74) is 2.12. The fourth-order valence-electron chi connectivity index (χ4n) is 3.85. The van der Waals surface area contributed by atoms with E-state index in [0.29, 0.717) is 17.8 Å². The second-order valence-electron chi connectivity index (χ2n) is 8.15. The van der Waals surface area contributed by atoms with Crippen LogP contribution in [0.5, 0.6) is 0 Å². The monoisotopic (exact) mass is 465 g/mol. The van der Waals surface area contributed by atoms with Gasteiger partial charge < -0.3 is 19.4 Å². The third-order valence-electron chi connectivity index (χ3n) is 5.67. The second-order valence-corrected chi connectivity index (χ2v) is 8.15. The zero-order chi connectivity index (χ0) is 23.8. The molecule has 1 aromatic heterocycles. The molecule has 34 heavy (non-hydrogen) atoms. The van der Waals surface area contributed by atoms with Crippen LogP contribution in [0.3, 0.4) is 0 Å². The van der Waals surface area contributed by atoms with Crippen molar-refractivity contribution in [1.29, 1.82) is 0 Å². The summed E-state index contributed by atoms with van der Waals surface area (Å²) in [6, 6.07) is 16.6. The van der Waals surface area contributed by atoms with Crippen molar-refractivity contribution in [3.63, 3.8) is 0 Å². The van der Waals surface area contributed by atoms with Crippen LogP contribution >= 0.6 is 0 Å². The molecule has 1 aliphatic rings. The lowest BCUT2D eigenvalue weighted by Gasteiger charge is -2.26. The van der Waals surface area contributed by atoms with Gasteiger partial charge in [-0.05, 0) is 47.5 Å². The SMILES string of the molecule is O=C(Cc1ccc(N(Cc2cccc(F)c2)C(=O)c2ccco2)cc1)NCCN1CCOCC1. The van der Waals surface area contributed by atoms with Crippen LogP contribution in [0.1, 0.15) is 21.7 Å². The van der Waals surface area contributed by atoms with Gasteiger partial charge in [-0.1, -0.05) is 24.3 Å². The highest BCUT2D eigenvalue weighted by molar-refractivity contribution is 6.04. The molecule has 2 aromatic carbocycles. The molecule has 0 atom stereocenters. The molecule has 178 valence electrons. The molecule has 1 fully saturated rings. The first-order chi connectivity index (χ1) is 16.6. The number of morpholine rings is 1. The van der Waals surface area contributed by atoms with Gasteiger partial charge in [0.15, 0.2) is 5.76 Å². The average molecular weight is 466 g/mol. The van der Waals surface area contributed by atoms with Crippen LogP contribution in [0.25, 0.3) is 0 Å². The highest BCUT2D eigenvalue weighted by Crippen LogP contribution is 2.22. The number of anilines is 1. The first-order valence-corrected chi connectivity index (χ1v) is 11.3. The summed E-state index contributed by atoms with van der Waals surface area (Å²) in [6.45, 7) is 4.82. The minimum absolute atomic E-state index is 0.0516. The van der Waals surface area contributed by atoms with Crippen LogP contribution in [-0.2, 0) is 22.5 Å². The van der Waals surface area contributed by atoms with Crippen LogP contribution in [-0.4, -0.2) is 56.1 Å². The summed E-state index contributed by atoms with van der Waals surface area (Å²) in [7, 11) is 0. The smallest absolute Gasteiger partial charge is 0.294 e. The van der Waals surface area contributed by atoms with Crippen molar-refractivity contribution in [2.45, 2.75) is 13.0 Å². The minimum Gasteiger partial charge on any atom is -0.459 e. The number of halogens is 1. The quantitative estimate of drug-likeness (QED) is 0.525. The predicted octanol–water partition coefficient (Wildman–Crippen LogP) is 3.26. The Kier molecular flexibility index (Phi) is 8.06. The van der Waals surface area contributed by atoms with Crippen molar-refractivity contribution in [3.8, 4) is 0 Å². The summed E-state index contributed by atoms with van der Waals surface area (Å²) in [5.74, 6) is -0.551. The number of nitrogens with zero attached hydrogens (tertiary/aromatic N) is 2. The van der Waals surface area contributed by atoms with Crippen molar-refractivity contribution < 1.29 is 23.1 Å². The maximum absolute atomic E-state index is 13.7. The first-order valence-electron chi connectivity index (χ1n) is 11.3. The fourth-order valence-corrected chi connectivity index (χ4v) is 3.85. The van der Waals surface area contributed by atoms with E-state index >= 15 is 0 Å². The van der Waals surface area contributed by atoms with Gasteiger partial charge >= 0.3 is 0 Å². The normalized spacial score (nSPS) is 14.0. The van der Waals surface area contributed by atoms with Gasteiger partial charge in [-0.2, -0.15) is 0 Å². The van der Waals surface area contributed by atoms with Gasteiger partial charge in [0.2, 0.25) is 5.91 Å². The van der Waals surface area contributed by atoms with E-state index in [1.165, 1.54) is 23.3 Å². The van der Waals surface area contributed by atoms with Gasteiger partial charge in [-0.3, -0.25) is 14.5 Å². The molecular weight excluding hydrogens is 437 g/mol. The molecule has 7 nitrogen and oxygen atoms in total. The topological polar surface area (TPSA) is 75.0 Å². The number of nitrogens with one attached hydrogen (secondary N) is 1. The van der Waals surface area contributed by atoms with E-state index in [1.807, 2.05) is 12.1 Å². The van der Waals surface area contributed by atoms with E-state index in [0.717, 1.165) is 38.4 Å². The molecule has 0 radical (unpaired) electrons. The fraction of sp³-hybridized carbons (Fsp3) is 0.308. The van der Waals surface area contributed by atoms with Crippen LogP contribution in [0.4, 0.5) is 10.1 Å². The van der Waals surface area contributed by atoms with E-state index in [1.54, 1.807) is 36.4 Å². The Morgan fingerprint density at radius 3 is 2.50 bits per heavy atom. The number of furan rings is 1. The minimum atomic E-state index is -0.363. The Hall–Kier alpha value is -3.49. The number of rotatable bonds is 9. The molecule has 0 aliphatic carbocycles. The van der Waals surface area contributed by atoms with Crippen LogP contribution < -0.4 is 10.2 Å². The Labute approximate surface area is 198 Å². The molecule has 0 unspecified atom stereocenters. The van der Waals surface area contributed by atoms with Gasteiger partial charge in [0.1, 0.15) is 5.82 Å². The highest BCUT2D eigenvalue weighted by atomic mass is 19.1. The summed E-state index contributed by atoms with van der Waals surface area (Å²) >= 11 is 0. The molecule has 3 aromatic rings. The lowest BCUT2D eigenvalue weighted by molar-refractivity contribution is -0.120. The lowest BCUT2D eigenvalue weighted by Crippen LogP contribution is -2.41. The van der Waals surface area contributed by atoms with E-state index in [-0.39, 0.29) is 36.4 Å². The molecule has 4 rings (SSSR count). The van der Waals surface area contributed by atoms with Gasteiger partial charge in [-0.15, -0.1) is 0 Å².